The average Bonchev–Trinajstić information content (AvgIpc) is 3.20. The van der Waals surface area contributed by atoms with E-state index in [0.717, 1.165) is 30.3 Å². The molecule has 0 fully saturated rings. The first-order valence-corrected chi connectivity index (χ1v) is 29.1. The minimum atomic E-state index is -5.69. The van der Waals surface area contributed by atoms with Crippen LogP contribution in [0.5, 0.6) is 11.5 Å². The van der Waals surface area contributed by atoms with Gasteiger partial charge in [-0.2, -0.15) is 47.2 Å². The van der Waals surface area contributed by atoms with Gasteiger partial charge in [0.25, 0.3) is 40.5 Å². The minimum Gasteiger partial charge on any atom is -0.505 e. The van der Waals surface area contributed by atoms with Crippen molar-refractivity contribution in [3.05, 3.63) is 60.7 Å². The third-order valence-corrected chi connectivity index (χ3v) is 16.6. The first kappa shape index (κ1) is 54.5. The summed E-state index contributed by atoms with van der Waals surface area (Å²) in [4.78, 5) is 7.16. The normalized spacial score (nSPS) is 13.5. The SMILES string of the molecule is O=C(CCCS(=O)(=O)CCCl)Nc1cc(S(=O)(=O)O)cc2cc(S(=O)(=O)O)c(N=Nc3ccc4c(O)c(N=Nc5ccc(S(=O)(=O)COS(=O)(=O)O)cc5)c(S(=O)(=O)O)cc4c3S(=O)(=O)O)c(O)c12. The van der Waals surface area contributed by atoms with Crippen molar-refractivity contribution < 1.29 is 101 Å². The molecule has 0 heterocycles. The summed E-state index contributed by atoms with van der Waals surface area (Å²) in [5, 5.41) is 36.2. The van der Waals surface area contributed by atoms with Crippen LogP contribution in [0.2, 0.25) is 0 Å². The lowest BCUT2D eigenvalue weighted by Crippen LogP contribution is -2.16. The quantitative estimate of drug-likeness (QED) is 0.0327. The second-order valence-corrected chi connectivity index (χ2v) is 25.1. The van der Waals surface area contributed by atoms with Crippen LogP contribution in [0.25, 0.3) is 21.5 Å². The molecule has 5 rings (SSSR count). The van der Waals surface area contributed by atoms with E-state index in [4.69, 9.17) is 16.2 Å². The Kier molecular flexibility index (Phi) is 15.6. The van der Waals surface area contributed by atoms with Gasteiger partial charge in [-0.3, -0.25) is 27.6 Å². The molecule has 28 nitrogen and oxygen atoms in total. The van der Waals surface area contributed by atoms with E-state index >= 15 is 0 Å². The molecule has 5 aromatic carbocycles. The van der Waals surface area contributed by atoms with E-state index in [1.165, 1.54) is 0 Å². The summed E-state index contributed by atoms with van der Waals surface area (Å²) < 4.78 is 224. The number of benzene rings is 5. The predicted octanol–water partition coefficient (Wildman–Crippen LogP) is 4.14. The van der Waals surface area contributed by atoms with E-state index in [0.29, 0.717) is 30.3 Å². The summed E-state index contributed by atoms with van der Waals surface area (Å²) >= 11 is 5.47. The molecule has 1 amide bonds. The van der Waals surface area contributed by atoms with Crippen LogP contribution in [0.4, 0.5) is 28.4 Å². The van der Waals surface area contributed by atoms with Crippen molar-refractivity contribution in [2.75, 3.05) is 28.6 Å². The van der Waals surface area contributed by atoms with Crippen molar-refractivity contribution >= 4 is 138 Å². The Balaban J connectivity index is 1.67. The van der Waals surface area contributed by atoms with Crippen LogP contribution >= 0.6 is 11.6 Å². The van der Waals surface area contributed by atoms with Gasteiger partial charge in [0.15, 0.2) is 27.3 Å². The van der Waals surface area contributed by atoms with Crippen LogP contribution in [0, 0.1) is 0 Å². The van der Waals surface area contributed by atoms with Gasteiger partial charge in [0, 0.05) is 28.5 Å². The Morgan fingerprint density at radius 2 is 1.19 bits per heavy atom. The number of halogens is 1. The summed E-state index contributed by atoms with van der Waals surface area (Å²) in [5.41, 5.74) is -4.39. The lowest BCUT2D eigenvalue weighted by atomic mass is 10.1. The van der Waals surface area contributed by atoms with Crippen LogP contribution < -0.4 is 5.32 Å². The van der Waals surface area contributed by atoms with E-state index in [-0.39, 0.29) is 18.0 Å². The van der Waals surface area contributed by atoms with Crippen LogP contribution in [0.3, 0.4) is 0 Å². The molecule has 0 atom stereocenters. The predicted molar refractivity (Wildman–Crippen MR) is 237 cm³/mol. The first-order chi connectivity index (χ1) is 31.5. The number of sulfone groups is 2. The summed E-state index contributed by atoms with van der Waals surface area (Å²) in [6.07, 6.45) is -0.857. The molecule has 0 aromatic heterocycles. The first-order valence-electron chi connectivity index (χ1n) is 17.9. The van der Waals surface area contributed by atoms with Crippen molar-refractivity contribution in [2.45, 2.75) is 37.3 Å². The number of hydrogen-bond donors (Lipinski definition) is 8. The molecule has 0 spiro atoms. The van der Waals surface area contributed by atoms with Crippen molar-refractivity contribution in [3.63, 3.8) is 0 Å². The smallest absolute Gasteiger partial charge is 0.398 e. The molecule has 8 N–H and O–H groups in total. The fourth-order valence-corrected chi connectivity index (χ4v) is 12.1. The Bertz CT molecular complexity index is 3830. The third kappa shape index (κ3) is 13.3. The monoisotopic (exact) mass is 1120 g/mol. The van der Waals surface area contributed by atoms with Gasteiger partial charge >= 0.3 is 10.4 Å². The number of hydrogen-bond acceptors (Lipinski definition) is 22. The largest absolute Gasteiger partial charge is 0.505 e. The number of nitrogens with one attached hydrogen (secondary N) is 1. The molecule has 0 unspecified atom stereocenters. The number of azo groups is 2. The van der Waals surface area contributed by atoms with Gasteiger partial charge < -0.3 is 15.5 Å². The van der Waals surface area contributed by atoms with E-state index in [9.17, 15) is 92.1 Å². The van der Waals surface area contributed by atoms with E-state index in [2.05, 4.69) is 30.0 Å². The molecular weight excluding hydrogens is 1090 g/mol. The van der Waals surface area contributed by atoms with Crippen LogP contribution in [-0.4, -0.2) is 121 Å². The Labute approximate surface area is 395 Å². The maximum Gasteiger partial charge on any atom is 0.398 e. The van der Waals surface area contributed by atoms with Crippen molar-refractivity contribution in [3.8, 4) is 11.5 Å². The van der Waals surface area contributed by atoms with Gasteiger partial charge in [-0.1, -0.05) is 0 Å². The molecule has 0 aliphatic heterocycles. The van der Waals surface area contributed by atoms with Gasteiger partial charge in [0.05, 0.1) is 32.7 Å². The molecule has 0 saturated carbocycles. The van der Waals surface area contributed by atoms with Gasteiger partial charge in [0.1, 0.15) is 31.7 Å². The standard InChI is InChI=1S/C33H30ClN5O23S7/c34-9-11-63(43,44)10-1-2-27(40)35-24-14-20(65(47,48)49)12-17-13-25(66(50,51)52)30(32(42)28(17)24)39-37-23-8-7-21-22(33(23)68(56,57)58)15-26(67(53,54)55)29(31(21)41)38-36-18-3-5-19(6-4-18)64(45,46)16-62-69(59,60)61/h3-8,12-15,41-42H,1-2,9-11,16H2,(H,35,40)(H,47,48,49)(H,50,51,52)(H,53,54,55)(H,56,57,58)(H,59,60,61). The van der Waals surface area contributed by atoms with Crippen LogP contribution in [0.15, 0.2) is 106 Å². The number of rotatable bonds is 19. The molecule has 0 aliphatic rings. The zero-order chi connectivity index (χ0) is 51.9. The number of aromatic hydroxyl groups is 2. The highest BCUT2D eigenvalue weighted by Crippen LogP contribution is 2.48. The van der Waals surface area contributed by atoms with Crippen molar-refractivity contribution in [1.29, 1.82) is 0 Å². The highest BCUT2D eigenvalue weighted by atomic mass is 35.5. The Hall–Kier alpha value is -5.41. The fourth-order valence-electron chi connectivity index (χ4n) is 6.03. The van der Waals surface area contributed by atoms with Gasteiger partial charge in [-0.15, -0.1) is 26.9 Å². The molecule has 36 heteroatoms. The van der Waals surface area contributed by atoms with Crippen molar-refractivity contribution in [2.24, 2.45) is 20.5 Å². The lowest BCUT2D eigenvalue weighted by Gasteiger charge is -2.15. The zero-order valence-electron chi connectivity index (χ0n) is 33.7. The molecule has 0 bridgehead atoms. The number of alkyl halides is 1. The fraction of sp³-hybridized carbons (Fsp3) is 0.182. The molecule has 0 saturated heterocycles. The highest BCUT2D eigenvalue weighted by Gasteiger charge is 2.30. The molecule has 374 valence electrons. The van der Waals surface area contributed by atoms with Crippen LogP contribution in [0.1, 0.15) is 12.8 Å². The topological polar surface area (TPSA) is 468 Å². The summed E-state index contributed by atoms with van der Waals surface area (Å²) in [6.45, 7) is 0. The summed E-state index contributed by atoms with van der Waals surface area (Å²) in [5.74, 6) is -6.32. The van der Waals surface area contributed by atoms with E-state index < -0.39 is 181 Å². The lowest BCUT2D eigenvalue weighted by molar-refractivity contribution is -0.116. The molecule has 0 radical (unpaired) electrons. The number of phenolic OH excluding ortho intramolecular Hbond substituents is 2. The third-order valence-electron chi connectivity index (χ3n) is 8.99. The van der Waals surface area contributed by atoms with Gasteiger partial charge in [-0.05, 0) is 72.5 Å². The molecule has 69 heavy (non-hydrogen) atoms. The maximum absolute atomic E-state index is 12.9. The maximum atomic E-state index is 12.9. The van der Waals surface area contributed by atoms with Crippen LogP contribution in [-0.2, 0) is 79.5 Å². The number of amides is 1. The second-order valence-electron chi connectivity index (χ2n) is 13.8. The second kappa shape index (κ2) is 19.8. The number of anilines is 1. The number of fused-ring (bicyclic) bond motifs is 2. The highest BCUT2D eigenvalue weighted by molar-refractivity contribution is 7.92. The number of phenols is 2. The van der Waals surface area contributed by atoms with Gasteiger partial charge in [0.2, 0.25) is 15.7 Å². The summed E-state index contributed by atoms with van der Waals surface area (Å²) in [6, 6.07) is 6.98. The number of carbonyl (C=O) groups is 1. The number of nitrogens with zero attached hydrogens (tertiary/aromatic N) is 4. The van der Waals surface area contributed by atoms with Gasteiger partial charge in [-0.25, -0.2) is 21.0 Å². The number of carbonyl (C=O) groups excluding carboxylic acids is 1. The van der Waals surface area contributed by atoms with E-state index in [1.54, 1.807) is 0 Å². The average molecular weight is 1120 g/mol. The Morgan fingerprint density at radius 3 is 1.74 bits per heavy atom. The van der Waals surface area contributed by atoms with E-state index in [1.807, 2.05) is 0 Å². The molecular formula is C33H30ClN5O23S7. The van der Waals surface area contributed by atoms with Crippen molar-refractivity contribution in [1.82, 2.24) is 0 Å². The Morgan fingerprint density at radius 1 is 0.609 bits per heavy atom. The molecule has 5 aromatic rings. The summed E-state index contributed by atoms with van der Waals surface area (Å²) in [7, 11) is -35.3. The molecule has 0 aliphatic carbocycles. The zero-order valence-corrected chi connectivity index (χ0v) is 40.2. The minimum absolute atomic E-state index is 0.245.